The zero-order chi connectivity index (χ0) is 20.3. The number of likely N-dealkylation sites (N-methyl/N-ethyl adjacent to an activating group) is 1. The van der Waals surface area contributed by atoms with Crippen LogP contribution >= 0.6 is 46.6 Å². The van der Waals surface area contributed by atoms with Crippen LogP contribution in [-0.4, -0.2) is 81.6 Å². The minimum absolute atomic E-state index is 0.0655. The van der Waals surface area contributed by atoms with E-state index in [9.17, 15) is 9.90 Å². The highest BCUT2D eigenvalue weighted by atomic mass is 35.5. The van der Waals surface area contributed by atoms with Crippen molar-refractivity contribution in [2.45, 2.75) is 79.0 Å². The van der Waals surface area contributed by atoms with E-state index in [1.54, 1.807) is 6.92 Å². The molecule has 0 bridgehead atoms. The first kappa shape index (κ1) is 23.8. The lowest BCUT2D eigenvalue weighted by molar-refractivity contribution is -0.128. The summed E-state index contributed by atoms with van der Waals surface area (Å²) < 4.78 is 6.03. The van der Waals surface area contributed by atoms with Crippen LogP contribution in [0.5, 0.6) is 0 Å². The molecule has 0 spiro atoms. The molecule has 2 heterocycles. The van der Waals surface area contributed by atoms with Gasteiger partial charge in [-0.05, 0) is 39.0 Å². The number of thioether (sulfide) groups is 1. The molecule has 0 aromatic carbocycles. The van der Waals surface area contributed by atoms with Crippen LogP contribution < -0.4 is 5.32 Å². The number of nitrogens with zero attached hydrogens (tertiary/aromatic N) is 1. The maximum atomic E-state index is 13.0. The summed E-state index contributed by atoms with van der Waals surface area (Å²) in [6.07, 6.45) is 3.38. The molecule has 2 fully saturated rings. The molecule has 0 aromatic heterocycles. The zero-order valence-electron chi connectivity index (χ0n) is 16.3. The molecule has 0 aromatic rings. The van der Waals surface area contributed by atoms with Crippen molar-refractivity contribution in [1.82, 2.24) is 10.2 Å². The lowest BCUT2D eigenvalue weighted by atomic mass is 9.95. The molecular weight excluding hydrogens is 431 g/mol. The highest BCUT2D eigenvalue weighted by Gasteiger charge is 2.48. The second kappa shape index (κ2) is 10.6. The summed E-state index contributed by atoms with van der Waals surface area (Å²) in [7, 11) is 1.98. The number of aliphatic hydroxyl groups is 1. The maximum Gasteiger partial charge on any atom is 0.237 e. The van der Waals surface area contributed by atoms with Gasteiger partial charge in [0.15, 0.2) is 0 Å². The van der Waals surface area contributed by atoms with Gasteiger partial charge >= 0.3 is 0 Å². The third kappa shape index (κ3) is 5.59. The number of amides is 1. The second-order valence-electron chi connectivity index (χ2n) is 7.64. The van der Waals surface area contributed by atoms with E-state index < -0.39 is 39.8 Å². The van der Waals surface area contributed by atoms with E-state index in [0.717, 1.165) is 25.8 Å². The summed E-state index contributed by atoms with van der Waals surface area (Å²) in [6, 6.07) is -0.701. The van der Waals surface area contributed by atoms with E-state index in [-0.39, 0.29) is 11.9 Å². The number of aliphatic hydroxyl groups excluding tert-OH is 1. The Kier molecular flexibility index (Phi) is 9.32. The van der Waals surface area contributed by atoms with Gasteiger partial charge in [-0.25, -0.2) is 0 Å². The van der Waals surface area contributed by atoms with Crippen LogP contribution in [-0.2, 0) is 9.53 Å². The lowest BCUT2D eigenvalue weighted by Crippen LogP contribution is -2.62. The SMILES string of the molecule is CCC[C@@H]1C[C@@H](C(=O)N[C@@H]([C@H]2O[C@H](SC)[C@H](Cl)[C@H](O)[C@H]2Cl)[C@H](C)Cl)N(C)C1. The molecule has 9 atom stereocenters. The Balaban J connectivity index is 2.09. The zero-order valence-corrected chi connectivity index (χ0v) is 19.4. The number of halogens is 3. The minimum atomic E-state index is -0.942. The van der Waals surface area contributed by atoms with Crippen molar-refractivity contribution >= 4 is 52.5 Å². The number of alkyl halides is 3. The van der Waals surface area contributed by atoms with Gasteiger partial charge in [0.05, 0.1) is 40.4 Å². The number of likely N-dealkylation sites (tertiary alicyclic amines) is 1. The first-order valence-corrected chi connectivity index (χ1v) is 12.1. The van der Waals surface area contributed by atoms with E-state index in [0.29, 0.717) is 5.92 Å². The van der Waals surface area contributed by atoms with Crippen LogP contribution in [0.15, 0.2) is 0 Å². The summed E-state index contributed by atoms with van der Waals surface area (Å²) in [4.78, 5) is 15.1. The summed E-state index contributed by atoms with van der Waals surface area (Å²) in [5.41, 5.74) is -0.417. The van der Waals surface area contributed by atoms with Crippen LogP contribution in [0.3, 0.4) is 0 Å². The van der Waals surface area contributed by atoms with Crippen molar-refractivity contribution in [3.05, 3.63) is 0 Å². The van der Waals surface area contributed by atoms with Crippen LogP contribution in [0.4, 0.5) is 0 Å². The monoisotopic (exact) mass is 460 g/mol. The summed E-state index contributed by atoms with van der Waals surface area (Å²) in [5, 5.41) is 11.7. The molecule has 0 radical (unpaired) electrons. The molecule has 0 unspecified atom stereocenters. The molecular formula is C18H31Cl3N2O3S. The van der Waals surface area contributed by atoms with E-state index in [1.807, 2.05) is 13.3 Å². The van der Waals surface area contributed by atoms with Crippen molar-refractivity contribution in [3.63, 3.8) is 0 Å². The quantitative estimate of drug-likeness (QED) is 0.571. The average molecular weight is 462 g/mol. The Morgan fingerprint density at radius 2 is 2.07 bits per heavy atom. The Bertz CT molecular complexity index is 500. The number of ether oxygens (including phenoxy) is 1. The molecule has 2 N–H and O–H groups in total. The van der Waals surface area contributed by atoms with Crippen molar-refractivity contribution in [2.75, 3.05) is 19.8 Å². The highest BCUT2D eigenvalue weighted by Crippen LogP contribution is 2.35. The topological polar surface area (TPSA) is 61.8 Å². The van der Waals surface area contributed by atoms with E-state index >= 15 is 0 Å². The van der Waals surface area contributed by atoms with Gasteiger partial charge in [0, 0.05) is 6.54 Å². The normalized spacial score (nSPS) is 39.9. The van der Waals surface area contributed by atoms with Gasteiger partial charge in [0.25, 0.3) is 0 Å². The molecule has 5 nitrogen and oxygen atoms in total. The molecule has 2 aliphatic heterocycles. The number of rotatable bonds is 7. The van der Waals surface area contributed by atoms with Gasteiger partial charge in [-0.2, -0.15) is 0 Å². The third-order valence-electron chi connectivity index (χ3n) is 5.54. The largest absolute Gasteiger partial charge is 0.390 e. The van der Waals surface area contributed by atoms with Crippen LogP contribution in [0.25, 0.3) is 0 Å². The molecule has 2 rings (SSSR count). The van der Waals surface area contributed by atoms with E-state index in [2.05, 4.69) is 17.1 Å². The summed E-state index contributed by atoms with van der Waals surface area (Å²) in [5.74, 6) is 0.471. The van der Waals surface area contributed by atoms with Crippen molar-refractivity contribution in [2.24, 2.45) is 5.92 Å². The Hall–Kier alpha value is 0.570. The Morgan fingerprint density at radius 3 is 2.63 bits per heavy atom. The standard InChI is InChI=1S/C18H31Cl3N2O3S/c1-5-6-10-7-11(23(3)8-10)17(25)22-14(9(2)19)16-12(20)15(24)13(21)18(26-16)27-4/h9-16,18,24H,5-8H2,1-4H3,(H,22,25)/t9-,10+,11-,12+,13+,14+,15+,16-,18+/m0/s1. The number of carbonyl (C=O) groups is 1. The highest BCUT2D eigenvalue weighted by molar-refractivity contribution is 7.99. The second-order valence-corrected chi connectivity index (χ2v) is 10.3. The molecule has 0 aliphatic carbocycles. The predicted molar refractivity (Wildman–Crippen MR) is 114 cm³/mol. The maximum absolute atomic E-state index is 13.0. The first-order chi connectivity index (χ1) is 12.7. The van der Waals surface area contributed by atoms with Crippen LogP contribution in [0.1, 0.15) is 33.1 Å². The first-order valence-electron chi connectivity index (χ1n) is 9.50. The number of hydrogen-bond donors (Lipinski definition) is 2. The summed E-state index contributed by atoms with van der Waals surface area (Å²) >= 11 is 20.5. The molecule has 0 saturated carbocycles. The van der Waals surface area contributed by atoms with Gasteiger partial charge in [0.2, 0.25) is 5.91 Å². The van der Waals surface area contributed by atoms with Gasteiger partial charge in [0.1, 0.15) is 5.44 Å². The predicted octanol–water partition coefficient (Wildman–Crippen LogP) is 2.88. The molecule has 9 heteroatoms. The number of hydrogen-bond acceptors (Lipinski definition) is 5. The smallest absolute Gasteiger partial charge is 0.237 e. The number of nitrogens with one attached hydrogen (secondary N) is 1. The van der Waals surface area contributed by atoms with E-state index in [1.165, 1.54) is 11.8 Å². The molecule has 27 heavy (non-hydrogen) atoms. The van der Waals surface area contributed by atoms with Gasteiger partial charge in [-0.3, -0.25) is 9.69 Å². The van der Waals surface area contributed by atoms with Gasteiger partial charge in [-0.1, -0.05) is 13.3 Å². The molecule has 1 amide bonds. The van der Waals surface area contributed by atoms with Crippen molar-refractivity contribution < 1.29 is 14.6 Å². The van der Waals surface area contributed by atoms with Gasteiger partial charge < -0.3 is 15.2 Å². The fourth-order valence-electron chi connectivity index (χ4n) is 4.05. The van der Waals surface area contributed by atoms with Gasteiger partial charge in [-0.15, -0.1) is 46.6 Å². The Labute approximate surface area is 181 Å². The van der Waals surface area contributed by atoms with Crippen molar-refractivity contribution in [1.29, 1.82) is 0 Å². The van der Waals surface area contributed by atoms with Crippen LogP contribution in [0.2, 0.25) is 0 Å². The minimum Gasteiger partial charge on any atom is -0.390 e. The Morgan fingerprint density at radius 1 is 1.41 bits per heavy atom. The fraction of sp³-hybridized carbons (Fsp3) is 0.944. The van der Waals surface area contributed by atoms with Crippen LogP contribution in [0, 0.1) is 5.92 Å². The summed E-state index contributed by atoms with van der Waals surface area (Å²) in [6.45, 7) is 4.88. The third-order valence-corrected chi connectivity index (χ3v) is 7.83. The molecule has 158 valence electrons. The fourth-order valence-corrected chi connectivity index (χ4v) is 5.89. The van der Waals surface area contributed by atoms with E-state index in [4.69, 9.17) is 39.5 Å². The molecule has 2 saturated heterocycles. The lowest BCUT2D eigenvalue weighted by Gasteiger charge is -2.43. The molecule has 2 aliphatic rings. The van der Waals surface area contributed by atoms with Crippen molar-refractivity contribution in [3.8, 4) is 0 Å². The number of carbonyl (C=O) groups excluding carboxylic acids is 1. The average Bonchev–Trinajstić information content (AvgIpc) is 2.99.